The smallest absolute Gasteiger partial charge is 0.135 e. The first-order valence-corrected chi connectivity index (χ1v) is 11.0. The van der Waals surface area contributed by atoms with Gasteiger partial charge in [0.05, 0.1) is 23.6 Å². The standard InChI is InChI=1S/C24H21ClN4O3/c25-15-1-4-18-19(11-15)28-23(27-18)14-9-13-10-16(2-5-20(13)31-12-14)32-21-7-8-26-24-17(21)3-6-22(30)29-24/h1-2,4-5,7-8,10-11,14,22,30H,3,6,9,12H2,(H,26,29)(H,27,28). The van der Waals surface area contributed by atoms with Crippen LogP contribution in [-0.4, -0.2) is 32.9 Å². The average Bonchev–Trinajstić information content (AvgIpc) is 3.22. The molecule has 2 unspecified atom stereocenters. The highest BCUT2D eigenvalue weighted by Crippen LogP contribution is 2.38. The number of aromatic nitrogens is 3. The average molecular weight is 449 g/mol. The molecule has 0 spiro atoms. The van der Waals surface area contributed by atoms with E-state index in [0.717, 1.165) is 51.7 Å². The third-order valence-electron chi connectivity index (χ3n) is 6.00. The molecule has 162 valence electrons. The number of aromatic amines is 1. The Morgan fingerprint density at radius 1 is 1.16 bits per heavy atom. The molecule has 2 atom stereocenters. The summed E-state index contributed by atoms with van der Waals surface area (Å²) in [6, 6.07) is 13.4. The number of imidazole rings is 1. The van der Waals surface area contributed by atoms with Crippen molar-refractivity contribution in [3.8, 4) is 17.2 Å². The number of nitrogens with zero attached hydrogens (tertiary/aromatic N) is 2. The molecule has 0 saturated carbocycles. The molecule has 2 aromatic heterocycles. The van der Waals surface area contributed by atoms with Crippen molar-refractivity contribution < 1.29 is 14.6 Å². The van der Waals surface area contributed by atoms with Crippen molar-refractivity contribution in [2.45, 2.75) is 31.4 Å². The van der Waals surface area contributed by atoms with Gasteiger partial charge < -0.3 is 24.9 Å². The minimum atomic E-state index is -0.572. The number of benzene rings is 2. The molecule has 7 nitrogen and oxygen atoms in total. The predicted octanol–water partition coefficient (Wildman–Crippen LogP) is 4.80. The number of fused-ring (bicyclic) bond motifs is 3. The number of nitrogens with one attached hydrogen (secondary N) is 2. The lowest BCUT2D eigenvalue weighted by Crippen LogP contribution is -2.25. The number of aliphatic hydroxyl groups excluding tert-OH is 1. The van der Waals surface area contributed by atoms with Crippen LogP contribution in [0.1, 0.15) is 29.3 Å². The molecular formula is C24H21ClN4O3. The second-order valence-corrected chi connectivity index (χ2v) is 8.64. The Labute approximate surface area is 189 Å². The van der Waals surface area contributed by atoms with Gasteiger partial charge in [0, 0.05) is 16.8 Å². The van der Waals surface area contributed by atoms with Crippen LogP contribution in [0.2, 0.25) is 5.02 Å². The normalized spacial score (nSPS) is 19.6. The van der Waals surface area contributed by atoms with E-state index in [2.05, 4.69) is 15.3 Å². The van der Waals surface area contributed by atoms with Gasteiger partial charge in [-0.05, 0) is 67.3 Å². The van der Waals surface area contributed by atoms with E-state index in [-0.39, 0.29) is 5.92 Å². The van der Waals surface area contributed by atoms with E-state index in [0.29, 0.717) is 30.3 Å². The molecule has 3 N–H and O–H groups in total. The Hall–Kier alpha value is -3.29. The van der Waals surface area contributed by atoms with Gasteiger partial charge in [-0.3, -0.25) is 0 Å². The molecule has 0 fully saturated rings. The van der Waals surface area contributed by atoms with E-state index in [9.17, 15) is 5.11 Å². The van der Waals surface area contributed by atoms with Crippen LogP contribution in [-0.2, 0) is 12.8 Å². The Kier molecular flexibility index (Phi) is 4.66. The first-order valence-electron chi connectivity index (χ1n) is 10.6. The van der Waals surface area contributed by atoms with Crippen molar-refractivity contribution in [3.63, 3.8) is 0 Å². The monoisotopic (exact) mass is 448 g/mol. The fourth-order valence-electron chi connectivity index (χ4n) is 4.38. The number of aliphatic hydroxyl groups is 1. The van der Waals surface area contributed by atoms with E-state index < -0.39 is 6.23 Å². The molecule has 6 rings (SSSR count). The third-order valence-corrected chi connectivity index (χ3v) is 6.23. The summed E-state index contributed by atoms with van der Waals surface area (Å²) in [5.74, 6) is 4.04. The number of ether oxygens (including phenoxy) is 2. The minimum Gasteiger partial charge on any atom is -0.493 e. The summed E-state index contributed by atoms with van der Waals surface area (Å²) in [7, 11) is 0. The van der Waals surface area contributed by atoms with Crippen molar-refractivity contribution in [3.05, 3.63) is 70.6 Å². The van der Waals surface area contributed by atoms with Gasteiger partial charge in [0.1, 0.15) is 35.1 Å². The van der Waals surface area contributed by atoms with Crippen LogP contribution in [0.25, 0.3) is 11.0 Å². The highest BCUT2D eigenvalue weighted by atomic mass is 35.5. The molecule has 4 aromatic rings. The predicted molar refractivity (Wildman–Crippen MR) is 122 cm³/mol. The number of halogens is 1. The molecule has 32 heavy (non-hydrogen) atoms. The fraction of sp³-hybridized carbons (Fsp3) is 0.250. The van der Waals surface area contributed by atoms with Crippen molar-refractivity contribution in [1.29, 1.82) is 0 Å². The van der Waals surface area contributed by atoms with Crippen molar-refractivity contribution in [2.24, 2.45) is 0 Å². The number of hydrogen-bond acceptors (Lipinski definition) is 6. The Morgan fingerprint density at radius 2 is 2.09 bits per heavy atom. The molecular weight excluding hydrogens is 428 g/mol. The summed E-state index contributed by atoms with van der Waals surface area (Å²) >= 11 is 6.11. The number of anilines is 1. The maximum Gasteiger partial charge on any atom is 0.135 e. The SMILES string of the molecule is OC1CCc2c(Oc3ccc4c(c3)CC(c3nc5ccc(Cl)cc5[nH]3)CO4)ccnc2N1. The summed E-state index contributed by atoms with van der Waals surface area (Å²) in [5.41, 5.74) is 3.88. The summed E-state index contributed by atoms with van der Waals surface area (Å²) in [6.07, 6.45) is 3.24. The second-order valence-electron chi connectivity index (χ2n) is 8.20. The summed E-state index contributed by atoms with van der Waals surface area (Å²) in [5, 5.41) is 13.5. The van der Waals surface area contributed by atoms with Gasteiger partial charge in [-0.2, -0.15) is 0 Å². The largest absolute Gasteiger partial charge is 0.493 e. The molecule has 0 bridgehead atoms. The van der Waals surface area contributed by atoms with Crippen molar-refractivity contribution in [2.75, 3.05) is 11.9 Å². The van der Waals surface area contributed by atoms with E-state index in [1.807, 2.05) is 42.5 Å². The van der Waals surface area contributed by atoms with Crippen LogP contribution in [0.3, 0.4) is 0 Å². The van der Waals surface area contributed by atoms with Crippen LogP contribution < -0.4 is 14.8 Å². The third kappa shape index (κ3) is 3.53. The first kappa shape index (κ1) is 19.4. The summed E-state index contributed by atoms with van der Waals surface area (Å²) < 4.78 is 12.3. The second kappa shape index (κ2) is 7.69. The van der Waals surface area contributed by atoms with Gasteiger partial charge in [0.2, 0.25) is 0 Å². The van der Waals surface area contributed by atoms with Crippen LogP contribution in [0.15, 0.2) is 48.7 Å². The molecule has 2 aliphatic rings. The maximum atomic E-state index is 9.83. The number of H-pyrrole nitrogens is 1. The van der Waals surface area contributed by atoms with Gasteiger partial charge in [-0.1, -0.05) is 11.6 Å². The molecule has 0 aliphatic carbocycles. The number of hydrogen-bond donors (Lipinski definition) is 3. The quantitative estimate of drug-likeness (QED) is 0.417. The highest BCUT2D eigenvalue weighted by molar-refractivity contribution is 6.31. The molecule has 0 saturated heterocycles. The van der Waals surface area contributed by atoms with Crippen LogP contribution in [0.4, 0.5) is 5.82 Å². The zero-order valence-electron chi connectivity index (χ0n) is 17.1. The van der Waals surface area contributed by atoms with Crippen molar-refractivity contribution >= 4 is 28.5 Å². The summed E-state index contributed by atoms with van der Waals surface area (Å²) in [6.45, 7) is 0.562. The lowest BCUT2D eigenvalue weighted by Gasteiger charge is -2.25. The van der Waals surface area contributed by atoms with E-state index in [4.69, 9.17) is 26.1 Å². The zero-order valence-corrected chi connectivity index (χ0v) is 17.9. The lowest BCUT2D eigenvalue weighted by molar-refractivity contribution is 0.188. The Balaban J connectivity index is 1.26. The molecule has 0 amide bonds. The lowest BCUT2D eigenvalue weighted by atomic mass is 9.96. The van der Waals surface area contributed by atoms with E-state index in [1.165, 1.54) is 0 Å². The molecule has 2 aromatic carbocycles. The van der Waals surface area contributed by atoms with Gasteiger partial charge in [-0.25, -0.2) is 9.97 Å². The highest BCUT2D eigenvalue weighted by Gasteiger charge is 2.25. The Morgan fingerprint density at radius 3 is 3.03 bits per heavy atom. The minimum absolute atomic E-state index is 0.114. The van der Waals surface area contributed by atoms with Crippen LogP contribution in [0.5, 0.6) is 17.2 Å². The molecule has 8 heteroatoms. The van der Waals surface area contributed by atoms with Crippen molar-refractivity contribution in [1.82, 2.24) is 15.0 Å². The topological polar surface area (TPSA) is 92.3 Å². The first-order chi connectivity index (χ1) is 15.6. The number of rotatable bonds is 3. The van der Waals surface area contributed by atoms with Gasteiger partial charge >= 0.3 is 0 Å². The van der Waals surface area contributed by atoms with E-state index >= 15 is 0 Å². The summed E-state index contributed by atoms with van der Waals surface area (Å²) in [4.78, 5) is 12.4. The maximum absolute atomic E-state index is 9.83. The number of pyridine rings is 1. The molecule has 0 radical (unpaired) electrons. The van der Waals surface area contributed by atoms with Gasteiger partial charge in [0.15, 0.2) is 0 Å². The van der Waals surface area contributed by atoms with Crippen LogP contribution in [0, 0.1) is 0 Å². The fourth-order valence-corrected chi connectivity index (χ4v) is 4.55. The van der Waals surface area contributed by atoms with Crippen LogP contribution >= 0.6 is 11.6 Å². The van der Waals surface area contributed by atoms with Gasteiger partial charge in [0.25, 0.3) is 0 Å². The van der Waals surface area contributed by atoms with E-state index in [1.54, 1.807) is 6.20 Å². The Bertz CT molecular complexity index is 1320. The zero-order chi connectivity index (χ0) is 21.7. The molecule has 4 heterocycles. The van der Waals surface area contributed by atoms with Gasteiger partial charge in [-0.15, -0.1) is 0 Å². The molecule has 2 aliphatic heterocycles.